The van der Waals surface area contributed by atoms with Gasteiger partial charge in [-0.25, -0.2) is 14.8 Å². The third-order valence-corrected chi connectivity index (χ3v) is 5.66. The van der Waals surface area contributed by atoms with Gasteiger partial charge < -0.3 is 15.5 Å². The van der Waals surface area contributed by atoms with Crippen molar-refractivity contribution in [2.45, 2.75) is 20.0 Å². The fourth-order valence-corrected chi connectivity index (χ4v) is 3.91. The highest BCUT2D eigenvalue weighted by Crippen LogP contribution is 2.29. The van der Waals surface area contributed by atoms with Crippen LogP contribution in [0.5, 0.6) is 0 Å². The first-order valence-corrected chi connectivity index (χ1v) is 11.0. The Morgan fingerprint density at radius 2 is 1.89 bits per heavy atom. The molecule has 2 aromatic carbocycles. The Labute approximate surface area is 202 Å². The molecule has 0 bridgehead atoms. The quantitative estimate of drug-likeness (QED) is 0.282. The van der Waals surface area contributed by atoms with E-state index >= 15 is 0 Å². The molecular weight excluding hydrogens is 442 g/mol. The fraction of sp³-hybridized carbons (Fsp3) is 0.120. The zero-order chi connectivity index (χ0) is 24.2. The van der Waals surface area contributed by atoms with Crippen LogP contribution in [0.2, 0.25) is 0 Å². The molecule has 10 nitrogen and oxygen atoms in total. The van der Waals surface area contributed by atoms with E-state index in [0.29, 0.717) is 30.4 Å². The van der Waals surface area contributed by atoms with Crippen molar-refractivity contribution in [1.82, 2.24) is 25.1 Å². The second-order valence-electron chi connectivity index (χ2n) is 8.09. The van der Waals surface area contributed by atoms with Gasteiger partial charge in [0.25, 0.3) is 0 Å². The van der Waals surface area contributed by atoms with Gasteiger partial charge in [-0.3, -0.25) is 5.43 Å². The van der Waals surface area contributed by atoms with Gasteiger partial charge in [0.05, 0.1) is 23.8 Å². The standard InChI is InChI=1S/C25H23N9O/c1-16-11-20(5-6-22(16)33-26-2)30-23-8-9-27-24(32-23)17-3-4-18-14-34(15-19(18)12-17)25(35)31-21-7-10-28-29-13-21/h3-13,33H,2,14-15H2,1H3,(H,27,30,32)(H,28,31,35). The van der Waals surface area contributed by atoms with Gasteiger partial charge in [-0.05, 0) is 60.0 Å². The first kappa shape index (κ1) is 22.0. The Morgan fingerprint density at radius 3 is 2.69 bits per heavy atom. The van der Waals surface area contributed by atoms with Gasteiger partial charge in [-0.2, -0.15) is 15.3 Å². The predicted octanol–water partition coefficient (Wildman–Crippen LogP) is 4.56. The molecule has 0 fully saturated rings. The van der Waals surface area contributed by atoms with E-state index in [1.807, 2.05) is 49.4 Å². The number of carbonyl (C=O) groups excluding carboxylic acids is 1. The lowest BCUT2D eigenvalue weighted by Crippen LogP contribution is -2.30. The van der Waals surface area contributed by atoms with Crippen molar-refractivity contribution in [3.05, 3.63) is 83.8 Å². The molecule has 174 valence electrons. The van der Waals surface area contributed by atoms with Crippen LogP contribution in [-0.4, -0.2) is 37.8 Å². The molecule has 1 aliphatic heterocycles. The largest absolute Gasteiger partial charge is 0.340 e. The summed E-state index contributed by atoms with van der Waals surface area (Å²) in [6.07, 6.45) is 4.78. The number of aryl methyl sites for hydroxylation is 1. The predicted molar refractivity (Wildman–Crippen MR) is 135 cm³/mol. The number of hydrazone groups is 1. The average molecular weight is 466 g/mol. The van der Waals surface area contributed by atoms with Gasteiger partial charge in [0, 0.05) is 37.3 Å². The summed E-state index contributed by atoms with van der Waals surface area (Å²) in [5.74, 6) is 1.29. The molecular formula is C25H23N9O. The Kier molecular flexibility index (Phi) is 6.00. The van der Waals surface area contributed by atoms with Crippen LogP contribution in [0.25, 0.3) is 11.4 Å². The third-order valence-electron chi connectivity index (χ3n) is 5.66. The zero-order valence-corrected chi connectivity index (χ0v) is 19.1. The Balaban J connectivity index is 1.30. The molecule has 2 amide bonds. The Bertz CT molecular complexity index is 1390. The maximum absolute atomic E-state index is 12.7. The van der Waals surface area contributed by atoms with Gasteiger partial charge in [0.1, 0.15) is 5.82 Å². The highest BCUT2D eigenvalue weighted by atomic mass is 16.2. The summed E-state index contributed by atoms with van der Waals surface area (Å²) in [6.45, 7) is 6.49. The molecule has 10 heteroatoms. The lowest BCUT2D eigenvalue weighted by atomic mass is 10.1. The number of nitrogens with one attached hydrogen (secondary N) is 3. The number of rotatable bonds is 6. The van der Waals surface area contributed by atoms with E-state index < -0.39 is 0 Å². The Morgan fingerprint density at radius 1 is 1.00 bits per heavy atom. The summed E-state index contributed by atoms with van der Waals surface area (Å²) in [7, 11) is 0. The molecule has 4 aromatic rings. The number of hydrogen-bond donors (Lipinski definition) is 3. The number of fused-ring (bicyclic) bond motifs is 1. The van der Waals surface area contributed by atoms with Crippen molar-refractivity contribution >= 4 is 35.6 Å². The highest BCUT2D eigenvalue weighted by Gasteiger charge is 2.24. The maximum Gasteiger partial charge on any atom is 0.322 e. The molecule has 3 N–H and O–H groups in total. The third kappa shape index (κ3) is 4.91. The summed E-state index contributed by atoms with van der Waals surface area (Å²) in [6, 6.07) is 15.3. The van der Waals surface area contributed by atoms with Crippen LogP contribution < -0.4 is 16.1 Å². The van der Waals surface area contributed by atoms with Crippen LogP contribution in [0.1, 0.15) is 16.7 Å². The smallest absolute Gasteiger partial charge is 0.322 e. The molecule has 35 heavy (non-hydrogen) atoms. The number of aromatic nitrogens is 4. The van der Waals surface area contributed by atoms with Crippen molar-refractivity contribution in [3.8, 4) is 11.4 Å². The fourth-order valence-electron chi connectivity index (χ4n) is 3.91. The average Bonchev–Trinajstić information content (AvgIpc) is 3.30. The molecule has 0 saturated carbocycles. The van der Waals surface area contributed by atoms with Gasteiger partial charge in [-0.15, -0.1) is 0 Å². The molecule has 0 unspecified atom stereocenters. The highest BCUT2D eigenvalue weighted by molar-refractivity contribution is 5.89. The molecule has 0 spiro atoms. The van der Waals surface area contributed by atoms with Crippen LogP contribution in [0, 0.1) is 6.92 Å². The first-order chi connectivity index (χ1) is 17.1. The number of anilines is 4. The maximum atomic E-state index is 12.7. The van der Waals surface area contributed by atoms with Crippen molar-refractivity contribution in [1.29, 1.82) is 0 Å². The summed E-state index contributed by atoms with van der Waals surface area (Å²) >= 11 is 0. The number of urea groups is 1. The number of carbonyl (C=O) groups is 1. The molecule has 0 saturated heterocycles. The van der Waals surface area contributed by atoms with Crippen molar-refractivity contribution in [2.24, 2.45) is 5.10 Å². The lowest BCUT2D eigenvalue weighted by molar-refractivity contribution is 0.212. The molecule has 0 radical (unpaired) electrons. The second-order valence-corrected chi connectivity index (χ2v) is 8.09. The van der Waals surface area contributed by atoms with E-state index in [4.69, 9.17) is 4.98 Å². The van der Waals surface area contributed by atoms with Gasteiger partial charge >= 0.3 is 6.03 Å². The normalized spacial score (nSPS) is 12.1. The molecule has 2 aromatic heterocycles. The monoisotopic (exact) mass is 465 g/mol. The number of hydrogen-bond acceptors (Lipinski definition) is 8. The summed E-state index contributed by atoms with van der Waals surface area (Å²) in [5, 5.41) is 17.4. The molecule has 0 atom stereocenters. The minimum atomic E-state index is -0.182. The van der Waals surface area contributed by atoms with E-state index in [9.17, 15) is 4.79 Å². The second kappa shape index (κ2) is 9.56. The topological polar surface area (TPSA) is 120 Å². The van der Waals surface area contributed by atoms with Crippen LogP contribution in [0.15, 0.2) is 72.2 Å². The molecule has 3 heterocycles. The minimum absolute atomic E-state index is 0.182. The van der Waals surface area contributed by atoms with Crippen LogP contribution >= 0.6 is 0 Å². The Hall–Kier alpha value is -4.86. The van der Waals surface area contributed by atoms with Gasteiger partial charge in [0.15, 0.2) is 5.82 Å². The van der Waals surface area contributed by atoms with Crippen LogP contribution in [-0.2, 0) is 13.1 Å². The molecule has 0 aliphatic carbocycles. The van der Waals surface area contributed by atoms with Crippen molar-refractivity contribution in [2.75, 3.05) is 16.1 Å². The van der Waals surface area contributed by atoms with E-state index in [0.717, 1.165) is 33.6 Å². The summed E-state index contributed by atoms with van der Waals surface area (Å²) in [4.78, 5) is 23.6. The van der Waals surface area contributed by atoms with Crippen molar-refractivity contribution < 1.29 is 4.79 Å². The lowest BCUT2D eigenvalue weighted by Gasteiger charge is -2.15. The summed E-state index contributed by atoms with van der Waals surface area (Å²) in [5.41, 5.74) is 9.37. The zero-order valence-electron chi connectivity index (χ0n) is 19.1. The van der Waals surface area contributed by atoms with Crippen molar-refractivity contribution in [3.63, 3.8) is 0 Å². The SMILES string of the molecule is C=NNc1ccc(Nc2ccnc(-c3ccc4c(c3)CN(C(=O)Nc3ccnnc3)C4)n2)cc1C. The number of nitrogens with zero attached hydrogens (tertiary/aromatic N) is 6. The van der Waals surface area contributed by atoms with Crippen LogP contribution in [0.4, 0.5) is 27.7 Å². The van der Waals surface area contributed by atoms with E-state index in [2.05, 4.69) is 43.1 Å². The number of amides is 2. The van der Waals surface area contributed by atoms with Crippen LogP contribution in [0.3, 0.4) is 0 Å². The van der Waals surface area contributed by atoms with Gasteiger partial charge in [-0.1, -0.05) is 12.1 Å². The van der Waals surface area contributed by atoms with Gasteiger partial charge in [0.2, 0.25) is 0 Å². The van der Waals surface area contributed by atoms with E-state index in [-0.39, 0.29) is 6.03 Å². The number of benzene rings is 2. The van der Waals surface area contributed by atoms with E-state index in [1.165, 1.54) is 12.4 Å². The molecule has 1 aliphatic rings. The first-order valence-electron chi connectivity index (χ1n) is 11.0. The minimum Gasteiger partial charge on any atom is -0.340 e. The molecule has 5 rings (SSSR count). The summed E-state index contributed by atoms with van der Waals surface area (Å²) < 4.78 is 0. The van der Waals surface area contributed by atoms with E-state index in [1.54, 1.807) is 17.2 Å².